The second-order valence-electron chi connectivity index (χ2n) is 8.31. The van der Waals surface area contributed by atoms with Gasteiger partial charge in [0.2, 0.25) is 0 Å². The maximum atomic E-state index is 12.1. The second-order valence-corrected chi connectivity index (χ2v) is 9.07. The van der Waals surface area contributed by atoms with Crippen LogP contribution in [0, 0.1) is 5.41 Å². The number of halogens is 1. The Hall–Kier alpha value is -0.980. The van der Waals surface area contributed by atoms with Crippen LogP contribution in [0.1, 0.15) is 52.0 Å². The van der Waals surface area contributed by atoms with Crippen molar-refractivity contribution in [2.24, 2.45) is 5.41 Å². The predicted octanol–water partition coefficient (Wildman–Crippen LogP) is 3.56. The second kappa shape index (κ2) is 6.97. The van der Waals surface area contributed by atoms with Crippen LogP contribution in [0.2, 0.25) is 0 Å². The van der Waals surface area contributed by atoms with E-state index in [9.17, 15) is 4.79 Å². The summed E-state index contributed by atoms with van der Waals surface area (Å²) in [5, 5.41) is 3.43. The molecule has 5 nitrogen and oxygen atoms in total. The zero-order valence-corrected chi connectivity index (χ0v) is 16.8. The minimum atomic E-state index is -0.502. The molecule has 25 heavy (non-hydrogen) atoms. The molecule has 2 fully saturated rings. The molecule has 2 aliphatic rings. The number of hydrogen-bond donors (Lipinski definition) is 1. The van der Waals surface area contributed by atoms with E-state index in [4.69, 9.17) is 9.47 Å². The van der Waals surface area contributed by atoms with Gasteiger partial charge in [-0.15, -0.1) is 0 Å². The topological polar surface area (TPSA) is 60.5 Å². The summed E-state index contributed by atoms with van der Waals surface area (Å²) in [5.74, 6) is -0.321. The molecule has 1 aromatic heterocycles. The van der Waals surface area contributed by atoms with Crippen LogP contribution in [0.5, 0.6) is 0 Å². The van der Waals surface area contributed by atoms with Gasteiger partial charge in [-0.3, -0.25) is 0 Å². The Bertz CT molecular complexity index is 628. The molecule has 2 heterocycles. The molecule has 0 atom stereocenters. The third-order valence-electron chi connectivity index (χ3n) is 5.12. The smallest absolute Gasteiger partial charge is 0.332 e. The van der Waals surface area contributed by atoms with Gasteiger partial charge in [-0.2, -0.15) is 0 Å². The van der Waals surface area contributed by atoms with Crippen LogP contribution in [0.15, 0.2) is 22.9 Å². The summed E-state index contributed by atoms with van der Waals surface area (Å²) in [4.78, 5) is 16.5. The standard InChI is InChI=1S/C19H27BrN2O3/c1-17(2,3)25-15(23)11-24-19(14-5-4-8-22-16(14)20)12-18(13-19)6-9-21-10-7-18/h4-5,8,21H,6-7,9-13H2,1-3H3. The Balaban J connectivity index is 1.75. The molecule has 1 saturated heterocycles. The van der Waals surface area contributed by atoms with Crippen LogP contribution in [-0.2, 0) is 19.9 Å². The van der Waals surface area contributed by atoms with Gasteiger partial charge < -0.3 is 14.8 Å². The van der Waals surface area contributed by atoms with Crippen molar-refractivity contribution >= 4 is 21.9 Å². The molecule has 0 unspecified atom stereocenters. The summed E-state index contributed by atoms with van der Waals surface area (Å²) in [5.41, 5.74) is 0.386. The first-order valence-electron chi connectivity index (χ1n) is 8.91. The number of carbonyl (C=O) groups is 1. The van der Waals surface area contributed by atoms with Crippen LogP contribution in [-0.4, -0.2) is 36.3 Å². The molecule has 1 aliphatic carbocycles. The number of carbonyl (C=O) groups excluding carboxylic acids is 1. The van der Waals surface area contributed by atoms with Gasteiger partial charge in [0.1, 0.15) is 16.8 Å². The van der Waals surface area contributed by atoms with Crippen LogP contribution < -0.4 is 5.32 Å². The fourth-order valence-corrected chi connectivity index (χ4v) is 4.75. The summed E-state index contributed by atoms with van der Waals surface area (Å²) >= 11 is 3.56. The van der Waals surface area contributed by atoms with E-state index in [0.717, 1.165) is 48.9 Å². The number of aromatic nitrogens is 1. The number of pyridine rings is 1. The highest BCUT2D eigenvalue weighted by Crippen LogP contribution is 2.61. The lowest BCUT2D eigenvalue weighted by molar-refractivity contribution is -0.202. The van der Waals surface area contributed by atoms with Crippen molar-refractivity contribution in [3.63, 3.8) is 0 Å². The van der Waals surface area contributed by atoms with Gasteiger partial charge in [-0.05, 0) is 87.0 Å². The fraction of sp³-hybridized carbons (Fsp3) is 0.684. The molecule has 0 bridgehead atoms. The van der Waals surface area contributed by atoms with Gasteiger partial charge in [-0.1, -0.05) is 6.07 Å². The van der Waals surface area contributed by atoms with Crippen molar-refractivity contribution in [1.29, 1.82) is 0 Å². The molecular weight excluding hydrogens is 384 g/mol. The normalized spacial score (nSPS) is 21.6. The number of ether oxygens (including phenoxy) is 2. The highest BCUT2D eigenvalue weighted by molar-refractivity contribution is 9.10. The zero-order chi connectivity index (χ0) is 18.1. The highest BCUT2D eigenvalue weighted by Gasteiger charge is 2.57. The Morgan fingerprint density at radius 3 is 2.60 bits per heavy atom. The number of nitrogens with zero attached hydrogens (tertiary/aromatic N) is 1. The lowest BCUT2D eigenvalue weighted by Crippen LogP contribution is -2.55. The van der Waals surface area contributed by atoms with E-state index in [1.165, 1.54) is 0 Å². The molecule has 6 heteroatoms. The van der Waals surface area contributed by atoms with Crippen molar-refractivity contribution in [2.45, 2.75) is 57.7 Å². The van der Waals surface area contributed by atoms with Crippen LogP contribution in [0.3, 0.4) is 0 Å². The van der Waals surface area contributed by atoms with E-state index in [-0.39, 0.29) is 12.6 Å². The minimum Gasteiger partial charge on any atom is -0.458 e. The first kappa shape index (κ1) is 18.8. The van der Waals surface area contributed by atoms with Gasteiger partial charge >= 0.3 is 5.97 Å². The van der Waals surface area contributed by atoms with Gasteiger partial charge in [0.25, 0.3) is 0 Å². The molecule has 1 spiro atoms. The molecule has 0 aromatic carbocycles. The van der Waals surface area contributed by atoms with E-state index < -0.39 is 11.2 Å². The van der Waals surface area contributed by atoms with Crippen molar-refractivity contribution in [2.75, 3.05) is 19.7 Å². The molecule has 138 valence electrons. The SMILES string of the molecule is CC(C)(C)OC(=O)COC1(c2cccnc2Br)CC2(CCNCC2)C1. The lowest BCUT2D eigenvalue weighted by atomic mass is 9.53. The Kier molecular flexibility index (Phi) is 5.24. The molecular formula is C19H27BrN2O3. The van der Waals surface area contributed by atoms with E-state index in [1.807, 2.05) is 32.9 Å². The fourth-order valence-electron chi connectivity index (χ4n) is 4.13. The number of rotatable bonds is 4. The number of nitrogens with one attached hydrogen (secondary N) is 1. The average Bonchev–Trinajstić information content (AvgIpc) is 2.50. The third-order valence-corrected chi connectivity index (χ3v) is 5.75. The predicted molar refractivity (Wildman–Crippen MR) is 99.2 cm³/mol. The lowest BCUT2D eigenvalue weighted by Gasteiger charge is -2.57. The van der Waals surface area contributed by atoms with Crippen LogP contribution in [0.25, 0.3) is 0 Å². The summed E-state index contributed by atoms with van der Waals surface area (Å²) in [7, 11) is 0. The molecule has 1 N–H and O–H groups in total. The van der Waals surface area contributed by atoms with E-state index in [0.29, 0.717) is 5.41 Å². The number of hydrogen-bond acceptors (Lipinski definition) is 5. The summed E-state index contributed by atoms with van der Waals surface area (Å²) in [6.45, 7) is 7.67. The maximum absolute atomic E-state index is 12.1. The minimum absolute atomic E-state index is 0.0348. The van der Waals surface area contributed by atoms with Gasteiger partial charge in [0.15, 0.2) is 0 Å². The quantitative estimate of drug-likeness (QED) is 0.607. The molecule has 1 aromatic rings. The van der Waals surface area contributed by atoms with E-state index in [1.54, 1.807) is 6.20 Å². The molecule has 0 radical (unpaired) electrons. The largest absolute Gasteiger partial charge is 0.458 e. The molecule has 1 saturated carbocycles. The summed E-state index contributed by atoms with van der Waals surface area (Å²) in [6, 6.07) is 3.96. The average molecular weight is 411 g/mol. The Morgan fingerprint density at radius 2 is 2.00 bits per heavy atom. The number of esters is 1. The molecule has 0 amide bonds. The van der Waals surface area contributed by atoms with E-state index in [2.05, 4.69) is 26.2 Å². The molecule has 1 aliphatic heterocycles. The molecule has 3 rings (SSSR count). The summed E-state index contributed by atoms with van der Waals surface area (Å²) in [6.07, 6.45) is 5.92. The first-order chi connectivity index (χ1) is 11.7. The van der Waals surface area contributed by atoms with Crippen molar-refractivity contribution in [3.05, 3.63) is 28.5 Å². The first-order valence-corrected chi connectivity index (χ1v) is 9.71. The number of piperidine rings is 1. The van der Waals surface area contributed by atoms with Crippen LogP contribution >= 0.6 is 15.9 Å². The maximum Gasteiger partial charge on any atom is 0.332 e. The van der Waals surface area contributed by atoms with E-state index >= 15 is 0 Å². The summed E-state index contributed by atoms with van der Waals surface area (Å²) < 4.78 is 12.4. The Morgan fingerprint density at radius 1 is 1.32 bits per heavy atom. The van der Waals surface area contributed by atoms with Crippen LogP contribution in [0.4, 0.5) is 0 Å². The van der Waals surface area contributed by atoms with Crippen molar-refractivity contribution < 1.29 is 14.3 Å². The van der Waals surface area contributed by atoms with Gasteiger partial charge in [-0.25, -0.2) is 9.78 Å². The highest BCUT2D eigenvalue weighted by atomic mass is 79.9. The Labute approximate surface area is 158 Å². The van der Waals surface area contributed by atoms with Crippen molar-refractivity contribution in [1.82, 2.24) is 10.3 Å². The third kappa shape index (κ3) is 4.23. The van der Waals surface area contributed by atoms with Gasteiger partial charge in [0.05, 0.1) is 5.60 Å². The zero-order valence-electron chi connectivity index (χ0n) is 15.2. The van der Waals surface area contributed by atoms with Gasteiger partial charge in [0, 0.05) is 11.8 Å². The monoisotopic (exact) mass is 410 g/mol. The van der Waals surface area contributed by atoms with Crippen molar-refractivity contribution in [3.8, 4) is 0 Å².